The molecule has 0 atom stereocenters. The highest BCUT2D eigenvalue weighted by atomic mass is 32.2. The molecule has 5 rings (SSSR count). The first kappa shape index (κ1) is 23.2. The zero-order valence-corrected chi connectivity index (χ0v) is 20.4. The lowest BCUT2D eigenvalue weighted by Gasteiger charge is -2.12. The van der Waals surface area contributed by atoms with Crippen LogP contribution in [0.3, 0.4) is 0 Å². The molecule has 0 aliphatic heterocycles. The summed E-state index contributed by atoms with van der Waals surface area (Å²) in [4.78, 5) is 17.5. The highest BCUT2D eigenvalue weighted by Crippen LogP contribution is 2.25. The van der Waals surface area contributed by atoms with Crippen molar-refractivity contribution in [2.24, 2.45) is 0 Å². The number of para-hydroxylation sites is 1. The SMILES string of the molecule is Cc1ccnc(Nc2cc(Nc3ccc(NS(=O)(=O)c4cccc5cccnc45)cc3)nc(C)n2)c1. The Morgan fingerprint density at radius 3 is 2.19 bits per heavy atom. The molecule has 3 N–H and O–H groups in total. The average molecular weight is 498 g/mol. The Balaban J connectivity index is 1.32. The molecule has 0 unspecified atom stereocenters. The number of fused-ring (bicyclic) bond motifs is 1. The van der Waals surface area contributed by atoms with Crippen LogP contribution in [0.2, 0.25) is 0 Å². The highest BCUT2D eigenvalue weighted by Gasteiger charge is 2.18. The quantitative estimate of drug-likeness (QED) is 0.276. The van der Waals surface area contributed by atoms with Gasteiger partial charge < -0.3 is 10.6 Å². The van der Waals surface area contributed by atoms with Crippen molar-refractivity contribution in [2.45, 2.75) is 18.7 Å². The van der Waals surface area contributed by atoms with E-state index in [2.05, 4.69) is 35.3 Å². The van der Waals surface area contributed by atoms with E-state index in [1.165, 1.54) is 0 Å². The molecule has 0 amide bonds. The Morgan fingerprint density at radius 1 is 0.694 bits per heavy atom. The molecule has 0 aliphatic rings. The van der Waals surface area contributed by atoms with E-state index < -0.39 is 10.0 Å². The van der Waals surface area contributed by atoms with Gasteiger partial charge in [0.25, 0.3) is 10.0 Å². The van der Waals surface area contributed by atoms with Crippen LogP contribution < -0.4 is 15.4 Å². The molecule has 5 aromatic rings. The summed E-state index contributed by atoms with van der Waals surface area (Å²) in [5.41, 5.74) is 2.68. The van der Waals surface area contributed by atoms with E-state index in [0.29, 0.717) is 34.5 Å². The first-order chi connectivity index (χ1) is 17.4. The third kappa shape index (κ3) is 5.23. The number of benzene rings is 2. The van der Waals surface area contributed by atoms with Gasteiger partial charge in [0, 0.05) is 35.2 Å². The summed E-state index contributed by atoms with van der Waals surface area (Å²) >= 11 is 0. The Bertz CT molecular complexity index is 1650. The largest absolute Gasteiger partial charge is 0.340 e. The monoisotopic (exact) mass is 497 g/mol. The molecule has 9 nitrogen and oxygen atoms in total. The van der Waals surface area contributed by atoms with Crippen LogP contribution >= 0.6 is 0 Å². The summed E-state index contributed by atoms with van der Waals surface area (Å²) in [6.07, 6.45) is 3.31. The van der Waals surface area contributed by atoms with Gasteiger partial charge in [0.2, 0.25) is 0 Å². The Kier molecular flexibility index (Phi) is 6.17. The lowest BCUT2D eigenvalue weighted by atomic mass is 10.2. The summed E-state index contributed by atoms with van der Waals surface area (Å²) in [5.74, 6) is 2.48. The van der Waals surface area contributed by atoms with Crippen LogP contribution in [-0.4, -0.2) is 28.4 Å². The van der Waals surface area contributed by atoms with Crippen molar-refractivity contribution in [3.8, 4) is 0 Å². The Hall–Kier alpha value is -4.57. The number of aromatic nitrogens is 4. The van der Waals surface area contributed by atoms with E-state index in [1.54, 1.807) is 67.8 Å². The van der Waals surface area contributed by atoms with Gasteiger partial charge in [-0.15, -0.1) is 0 Å². The number of nitrogens with zero attached hydrogens (tertiary/aromatic N) is 4. The minimum atomic E-state index is -3.82. The smallest absolute Gasteiger partial charge is 0.264 e. The van der Waals surface area contributed by atoms with E-state index in [9.17, 15) is 8.42 Å². The van der Waals surface area contributed by atoms with Crippen LogP contribution in [0.25, 0.3) is 10.9 Å². The van der Waals surface area contributed by atoms with E-state index in [-0.39, 0.29) is 4.90 Å². The normalized spacial score (nSPS) is 11.3. The van der Waals surface area contributed by atoms with Crippen LogP contribution in [0.5, 0.6) is 0 Å². The van der Waals surface area contributed by atoms with E-state index in [0.717, 1.165) is 16.6 Å². The summed E-state index contributed by atoms with van der Waals surface area (Å²) < 4.78 is 28.7. The molecule has 180 valence electrons. The van der Waals surface area contributed by atoms with Crippen LogP contribution in [0.4, 0.5) is 28.8 Å². The summed E-state index contributed by atoms with van der Waals surface area (Å²) in [5, 5.41) is 7.18. The van der Waals surface area contributed by atoms with Gasteiger partial charge in [0.15, 0.2) is 0 Å². The number of hydrogen-bond acceptors (Lipinski definition) is 8. The maximum absolute atomic E-state index is 13.0. The number of nitrogens with one attached hydrogen (secondary N) is 3. The maximum Gasteiger partial charge on any atom is 0.264 e. The van der Waals surface area contributed by atoms with Crippen molar-refractivity contribution >= 4 is 49.8 Å². The van der Waals surface area contributed by atoms with Gasteiger partial charge in [-0.3, -0.25) is 9.71 Å². The fourth-order valence-corrected chi connectivity index (χ4v) is 4.94. The van der Waals surface area contributed by atoms with Crippen molar-refractivity contribution in [1.82, 2.24) is 19.9 Å². The Labute approximate surface area is 208 Å². The standard InChI is InChI=1S/C26H23N7O2S/c1-17-12-14-27-23(15-17)32-25-16-24(29-18(2)30-25)31-20-8-10-21(11-9-20)33-36(34,35)22-7-3-5-19-6-4-13-28-26(19)22/h3-16,33H,1-2H3,(H2,27,29,30,31,32). The maximum atomic E-state index is 13.0. The fraction of sp³-hybridized carbons (Fsp3) is 0.0769. The number of sulfonamides is 1. The molecule has 0 saturated carbocycles. The number of anilines is 5. The number of aryl methyl sites for hydroxylation is 2. The molecule has 10 heteroatoms. The summed E-state index contributed by atoms with van der Waals surface area (Å²) in [6, 6.07) is 21.2. The predicted molar refractivity (Wildman–Crippen MR) is 141 cm³/mol. The molecule has 2 aromatic carbocycles. The first-order valence-electron chi connectivity index (χ1n) is 11.1. The van der Waals surface area contributed by atoms with Gasteiger partial charge >= 0.3 is 0 Å². The van der Waals surface area contributed by atoms with Crippen molar-refractivity contribution < 1.29 is 8.42 Å². The molecule has 0 radical (unpaired) electrons. The molecule has 0 saturated heterocycles. The van der Waals surface area contributed by atoms with Gasteiger partial charge in [0.1, 0.15) is 28.2 Å². The van der Waals surface area contributed by atoms with Gasteiger partial charge in [-0.1, -0.05) is 18.2 Å². The molecular formula is C26H23N7O2S. The van der Waals surface area contributed by atoms with Crippen molar-refractivity contribution in [3.05, 3.63) is 96.6 Å². The zero-order valence-electron chi connectivity index (χ0n) is 19.6. The van der Waals surface area contributed by atoms with Crippen LogP contribution in [0.15, 0.2) is 90.1 Å². The molecule has 0 aliphatic carbocycles. The second-order valence-electron chi connectivity index (χ2n) is 8.17. The van der Waals surface area contributed by atoms with Crippen molar-refractivity contribution in [3.63, 3.8) is 0 Å². The van der Waals surface area contributed by atoms with Crippen LogP contribution in [0, 0.1) is 13.8 Å². The second kappa shape index (κ2) is 9.59. The Morgan fingerprint density at radius 2 is 1.42 bits per heavy atom. The number of rotatable bonds is 7. The molecule has 0 bridgehead atoms. The van der Waals surface area contributed by atoms with E-state index in [1.807, 2.05) is 31.2 Å². The van der Waals surface area contributed by atoms with Crippen LogP contribution in [0.1, 0.15) is 11.4 Å². The van der Waals surface area contributed by atoms with Gasteiger partial charge in [-0.05, 0) is 67.9 Å². The van der Waals surface area contributed by atoms with E-state index in [4.69, 9.17) is 0 Å². The fourth-order valence-electron chi connectivity index (χ4n) is 3.70. The number of pyridine rings is 2. The lowest BCUT2D eigenvalue weighted by molar-refractivity contribution is 0.602. The van der Waals surface area contributed by atoms with Crippen molar-refractivity contribution in [2.75, 3.05) is 15.4 Å². The average Bonchev–Trinajstić information content (AvgIpc) is 2.84. The molecule has 0 fully saturated rings. The minimum Gasteiger partial charge on any atom is -0.340 e. The molecule has 3 heterocycles. The van der Waals surface area contributed by atoms with E-state index >= 15 is 0 Å². The molecule has 3 aromatic heterocycles. The second-order valence-corrected chi connectivity index (χ2v) is 9.82. The lowest BCUT2D eigenvalue weighted by Crippen LogP contribution is -2.13. The minimum absolute atomic E-state index is 0.127. The molecule has 0 spiro atoms. The summed E-state index contributed by atoms with van der Waals surface area (Å²) in [6.45, 7) is 3.80. The molecular weight excluding hydrogens is 474 g/mol. The topological polar surface area (TPSA) is 122 Å². The first-order valence-corrected chi connectivity index (χ1v) is 12.6. The molecule has 36 heavy (non-hydrogen) atoms. The third-order valence-corrected chi connectivity index (χ3v) is 6.72. The van der Waals surface area contributed by atoms with Crippen LogP contribution in [-0.2, 0) is 10.0 Å². The third-order valence-electron chi connectivity index (χ3n) is 5.30. The number of hydrogen-bond donors (Lipinski definition) is 3. The zero-order chi connectivity index (χ0) is 25.1. The van der Waals surface area contributed by atoms with Gasteiger partial charge in [-0.2, -0.15) is 0 Å². The highest BCUT2D eigenvalue weighted by molar-refractivity contribution is 7.93. The van der Waals surface area contributed by atoms with Crippen molar-refractivity contribution in [1.29, 1.82) is 0 Å². The van der Waals surface area contributed by atoms with Gasteiger partial charge in [-0.25, -0.2) is 23.4 Å². The predicted octanol–water partition coefficient (Wildman–Crippen LogP) is 5.32. The summed E-state index contributed by atoms with van der Waals surface area (Å²) in [7, 11) is -3.82. The van der Waals surface area contributed by atoms with Gasteiger partial charge in [0.05, 0.1) is 5.52 Å².